The van der Waals surface area contributed by atoms with E-state index in [0.717, 1.165) is 17.1 Å². The van der Waals surface area contributed by atoms with Crippen molar-refractivity contribution in [2.24, 2.45) is 5.16 Å². The molecule has 0 radical (unpaired) electrons. The molecule has 14 heteroatoms. The van der Waals surface area contributed by atoms with E-state index in [-0.39, 0.29) is 36.3 Å². The first kappa shape index (κ1) is 25.9. The normalized spacial score (nSPS) is 18.3. The van der Waals surface area contributed by atoms with Crippen LogP contribution in [-0.2, 0) is 15.8 Å². The van der Waals surface area contributed by atoms with Gasteiger partial charge in [0, 0.05) is 36.9 Å². The minimum absolute atomic E-state index is 0.113. The first-order chi connectivity index (χ1) is 18.2. The van der Waals surface area contributed by atoms with Crippen LogP contribution in [0.2, 0.25) is 0 Å². The number of carbonyl (C=O) groups is 1. The molecule has 3 aromatic rings. The van der Waals surface area contributed by atoms with E-state index in [4.69, 9.17) is 9.57 Å². The van der Waals surface area contributed by atoms with Gasteiger partial charge in [-0.2, -0.15) is 13.2 Å². The van der Waals surface area contributed by atoms with E-state index in [9.17, 15) is 26.7 Å². The number of hydrogen-bond acceptors (Lipinski definition) is 8. The Morgan fingerprint density at radius 2 is 1.84 bits per heavy atom. The number of likely N-dealkylation sites (tertiary alicyclic amines) is 1. The fourth-order valence-corrected chi connectivity index (χ4v) is 5.26. The largest absolute Gasteiger partial charge is 0.466 e. The number of halogens is 5. The third-order valence-electron chi connectivity index (χ3n) is 6.28. The highest BCUT2D eigenvalue weighted by atomic mass is 32.1. The van der Waals surface area contributed by atoms with Crippen LogP contribution in [0.4, 0.5) is 22.0 Å². The van der Waals surface area contributed by atoms with Crippen LogP contribution in [0.1, 0.15) is 53.2 Å². The molecule has 2 aliphatic rings. The summed E-state index contributed by atoms with van der Waals surface area (Å²) in [5, 5.41) is 13.1. The summed E-state index contributed by atoms with van der Waals surface area (Å²) in [5.74, 6) is -1.75. The third-order valence-corrected chi connectivity index (χ3v) is 7.29. The zero-order chi connectivity index (χ0) is 26.9. The van der Waals surface area contributed by atoms with Crippen molar-refractivity contribution < 1.29 is 36.3 Å². The molecule has 1 saturated heterocycles. The number of hydrogen-bond donors (Lipinski definition) is 0. The first-order valence-electron chi connectivity index (χ1n) is 11.6. The van der Waals surface area contributed by atoms with Crippen LogP contribution in [0.5, 0.6) is 5.88 Å². The number of ether oxygens (including phenoxy) is 1. The lowest BCUT2D eigenvalue weighted by atomic mass is 9.97. The molecule has 2 aromatic heterocycles. The van der Waals surface area contributed by atoms with Crippen LogP contribution >= 0.6 is 11.3 Å². The average molecular weight is 554 g/mol. The van der Waals surface area contributed by atoms with Gasteiger partial charge in [-0.15, -0.1) is 21.5 Å². The van der Waals surface area contributed by atoms with Crippen LogP contribution in [0.15, 0.2) is 40.9 Å². The molecule has 0 bridgehead atoms. The maximum atomic E-state index is 14.1. The van der Waals surface area contributed by atoms with Gasteiger partial charge in [0.15, 0.2) is 18.4 Å². The van der Waals surface area contributed by atoms with Crippen molar-refractivity contribution in [2.45, 2.75) is 37.5 Å². The Morgan fingerprint density at radius 3 is 2.50 bits per heavy atom. The molecule has 1 aromatic carbocycles. The van der Waals surface area contributed by atoms with Crippen LogP contribution in [0, 0.1) is 11.6 Å². The lowest BCUT2D eigenvalue weighted by Gasteiger charge is -2.31. The summed E-state index contributed by atoms with van der Waals surface area (Å²) in [5.41, 5.74) is -0.201. The van der Waals surface area contributed by atoms with Gasteiger partial charge in [-0.05, 0) is 31.0 Å². The maximum Gasteiger partial charge on any atom is 0.435 e. The number of aromatic nitrogens is 3. The summed E-state index contributed by atoms with van der Waals surface area (Å²) >= 11 is 1.45. The molecule has 0 saturated carbocycles. The maximum absolute atomic E-state index is 14.1. The summed E-state index contributed by atoms with van der Waals surface area (Å²) in [6.07, 6.45) is -3.96. The molecule has 200 valence electrons. The van der Waals surface area contributed by atoms with Gasteiger partial charge in [0.1, 0.15) is 17.3 Å². The second-order valence-electron chi connectivity index (χ2n) is 8.74. The van der Waals surface area contributed by atoms with Crippen molar-refractivity contribution in [1.82, 2.24) is 20.1 Å². The minimum atomic E-state index is -4.61. The number of carbonyl (C=O) groups excluding carboxylic acids is 1. The van der Waals surface area contributed by atoms with Gasteiger partial charge >= 0.3 is 6.18 Å². The zero-order valence-corrected chi connectivity index (χ0v) is 20.4. The number of alkyl halides is 3. The molecule has 0 N–H and O–H groups in total. The number of rotatable bonds is 6. The number of nitrogens with zero attached hydrogens (tertiary/aromatic N) is 5. The van der Waals surface area contributed by atoms with Crippen molar-refractivity contribution in [3.05, 3.63) is 69.3 Å². The number of piperidine rings is 1. The van der Waals surface area contributed by atoms with Gasteiger partial charge in [0.2, 0.25) is 5.88 Å². The molecule has 0 aliphatic carbocycles. The van der Waals surface area contributed by atoms with E-state index in [2.05, 4.69) is 20.3 Å². The molecule has 5 rings (SSSR count). The molecule has 0 spiro atoms. The Balaban J connectivity index is 1.11. The van der Waals surface area contributed by atoms with Crippen molar-refractivity contribution >= 4 is 23.0 Å². The SMILES string of the molecule is O=C(COc1ccc(C(F)(F)F)nn1)N1CCC(c2nc(C3=NOC(c4c(F)cccc4F)C3)cs2)CC1. The summed E-state index contributed by atoms with van der Waals surface area (Å²) in [6, 6.07) is 5.39. The van der Waals surface area contributed by atoms with Crippen LogP contribution < -0.4 is 4.74 Å². The highest BCUT2D eigenvalue weighted by Gasteiger charge is 2.33. The van der Waals surface area contributed by atoms with E-state index in [1.165, 1.54) is 29.5 Å². The predicted molar refractivity (Wildman–Crippen MR) is 125 cm³/mol. The molecule has 4 heterocycles. The quantitative estimate of drug-likeness (QED) is 0.405. The molecule has 2 aliphatic heterocycles. The van der Waals surface area contributed by atoms with Crippen molar-refractivity contribution in [3.8, 4) is 5.88 Å². The van der Waals surface area contributed by atoms with Gasteiger partial charge in [-0.25, -0.2) is 13.8 Å². The smallest absolute Gasteiger partial charge is 0.435 e. The number of benzene rings is 1. The fraction of sp³-hybridized carbons (Fsp3) is 0.375. The summed E-state index contributed by atoms with van der Waals surface area (Å²) < 4.78 is 71.1. The minimum Gasteiger partial charge on any atom is -0.466 e. The molecule has 1 unspecified atom stereocenters. The Hall–Kier alpha value is -3.68. The predicted octanol–water partition coefficient (Wildman–Crippen LogP) is 4.88. The van der Waals surface area contributed by atoms with Crippen molar-refractivity contribution in [1.29, 1.82) is 0 Å². The van der Waals surface area contributed by atoms with Gasteiger partial charge in [-0.1, -0.05) is 11.2 Å². The average Bonchev–Trinajstić information content (AvgIpc) is 3.57. The second-order valence-corrected chi connectivity index (χ2v) is 9.63. The molecule has 1 amide bonds. The molecular formula is C24H20F5N5O3S. The van der Waals surface area contributed by atoms with Crippen molar-refractivity contribution in [3.63, 3.8) is 0 Å². The van der Waals surface area contributed by atoms with E-state index >= 15 is 0 Å². The Kier molecular flexibility index (Phi) is 7.23. The van der Waals surface area contributed by atoms with Crippen LogP contribution in [-0.4, -0.2) is 51.4 Å². The number of oxime groups is 1. The Labute approximate surface area is 217 Å². The molecule has 1 atom stereocenters. The molecule has 38 heavy (non-hydrogen) atoms. The highest BCUT2D eigenvalue weighted by molar-refractivity contribution is 7.10. The fourth-order valence-electron chi connectivity index (χ4n) is 4.26. The lowest BCUT2D eigenvalue weighted by Crippen LogP contribution is -2.40. The second kappa shape index (κ2) is 10.6. The van der Waals surface area contributed by atoms with Gasteiger partial charge in [-0.3, -0.25) is 4.79 Å². The van der Waals surface area contributed by atoms with Gasteiger partial charge < -0.3 is 14.5 Å². The first-order valence-corrected chi connectivity index (χ1v) is 12.5. The lowest BCUT2D eigenvalue weighted by molar-refractivity contribution is -0.142. The van der Waals surface area contributed by atoms with Gasteiger partial charge in [0.05, 0.1) is 16.3 Å². The number of thiazole rings is 1. The van der Waals surface area contributed by atoms with Crippen molar-refractivity contribution in [2.75, 3.05) is 19.7 Å². The number of amides is 1. The monoisotopic (exact) mass is 553 g/mol. The van der Waals surface area contributed by atoms with Gasteiger partial charge in [0.25, 0.3) is 5.91 Å². The van der Waals surface area contributed by atoms with E-state index in [1.54, 1.807) is 4.90 Å². The summed E-state index contributed by atoms with van der Waals surface area (Å²) in [7, 11) is 0. The molecular weight excluding hydrogens is 533 g/mol. The third kappa shape index (κ3) is 5.59. The zero-order valence-electron chi connectivity index (χ0n) is 19.6. The standard InChI is InChI=1S/C24H20F5N5O3S/c25-14-2-1-3-15(26)22(14)18-10-16(33-37-18)17-12-38-23(30-17)13-6-8-34(9-7-13)21(35)11-36-20-5-4-19(31-32-20)24(27,28)29/h1-5,12-13,18H,6-11H2. The Morgan fingerprint density at radius 1 is 1.11 bits per heavy atom. The summed E-state index contributed by atoms with van der Waals surface area (Å²) in [6.45, 7) is 0.550. The topological polar surface area (TPSA) is 89.8 Å². The highest BCUT2D eigenvalue weighted by Crippen LogP contribution is 2.35. The Bertz CT molecular complexity index is 1320. The molecule has 1 fully saturated rings. The molecule has 8 nitrogen and oxygen atoms in total. The summed E-state index contributed by atoms with van der Waals surface area (Å²) in [4.78, 5) is 24.1. The van der Waals surface area contributed by atoms with Crippen LogP contribution in [0.3, 0.4) is 0 Å². The van der Waals surface area contributed by atoms with E-state index in [0.29, 0.717) is 37.3 Å². The van der Waals surface area contributed by atoms with E-state index < -0.39 is 29.6 Å². The van der Waals surface area contributed by atoms with Crippen LogP contribution in [0.25, 0.3) is 0 Å². The van der Waals surface area contributed by atoms with E-state index in [1.807, 2.05) is 5.38 Å².